The summed E-state index contributed by atoms with van der Waals surface area (Å²) >= 11 is 0. The minimum atomic E-state index is -0.581. The highest BCUT2D eigenvalue weighted by Gasteiger charge is 2.16. The van der Waals surface area contributed by atoms with Crippen LogP contribution in [0.5, 0.6) is 0 Å². The highest BCUT2D eigenvalue weighted by Crippen LogP contribution is 2.15. The van der Waals surface area contributed by atoms with Gasteiger partial charge in [-0.25, -0.2) is 4.79 Å². The van der Waals surface area contributed by atoms with Crippen molar-refractivity contribution >= 4 is 29.3 Å². The third kappa shape index (κ3) is 8.67. The number of alkyl carbamates (subject to hydrolysis) is 1. The molecule has 3 N–H and O–H groups in total. The lowest BCUT2D eigenvalue weighted by molar-refractivity contribution is -0.121. The highest BCUT2D eigenvalue weighted by molar-refractivity contribution is 6.04. The fraction of sp³-hybridized carbons (Fsp3) is 0.375. The van der Waals surface area contributed by atoms with E-state index in [4.69, 9.17) is 4.74 Å². The lowest BCUT2D eigenvalue weighted by Gasteiger charge is -2.19. The Bertz CT molecular complexity index is 934. The molecule has 2 aromatic rings. The summed E-state index contributed by atoms with van der Waals surface area (Å²) in [6, 6.07) is 14.6. The molecule has 8 nitrogen and oxygen atoms in total. The Morgan fingerprint density at radius 2 is 1.66 bits per heavy atom. The number of nitrogens with zero attached hydrogens (tertiary/aromatic N) is 1. The first-order valence-corrected chi connectivity index (χ1v) is 10.4. The lowest BCUT2D eigenvalue weighted by Crippen LogP contribution is -2.35. The van der Waals surface area contributed by atoms with Crippen LogP contribution >= 0.6 is 0 Å². The van der Waals surface area contributed by atoms with E-state index in [9.17, 15) is 14.4 Å². The van der Waals surface area contributed by atoms with Gasteiger partial charge in [-0.2, -0.15) is 0 Å². The molecule has 8 heteroatoms. The van der Waals surface area contributed by atoms with E-state index in [2.05, 4.69) is 16.0 Å². The fourth-order valence-electron chi connectivity index (χ4n) is 2.75. The zero-order valence-electron chi connectivity index (χ0n) is 19.3. The number of anilines is 2. The molecule has 172 valence electrons. The van der Waals surface area contributed by atoms with Crippen LogP contribution in [0.1, 0.15) is 43.1 Å². The first kappa shape index (κ1) is 24.7. The van der Waals surface area contributed by atoms with E-state index in [0.29, 0.717) is 17.8 Å². The van der Waals surface area contributed by atoms with Gasteiger partial charge in [-0.15, -0.1) is 0 Å². The number of amides is 3. The first-order valence-electron chi connectivity index (χ1n) is 10.4. The molecule has 0 spiro atoms. The Morgan fingerprint density at radius 1 is 0.969 bits per heavy atom. The normalized spacial score (nSPS) is 10.8. The molecule has 2 aromatic carbocycles. The van der Waals surface area contributed by atoms with Crippen LogP contribution in [0.25, 0.3) is 0 Å². The zero-order chi connectivity index (χ0) is 23.7. The third-order valence-electron chi connectivity index (χ3n) is 4.34. The maximum absolute atomic E-state index is 12.5. The zero-order valence-corrected chi connectivity index (χ0v) is 19.3. The van der Waals surface area contributed by atoms with Crippen LogP contribution in [-0.2, 0) is 16.1 Å². The second kappa shape index (κ2) is 11.2. The van der Waals surface area contributed by atoms with Crippen LogP contribution < -0.4 is 20.9 Å². The summed E-state index contributed by atoms with van der Waals surface area (Å²) in [6.45, 7) is 5.82. The SMILES string of the molecule is CN(C)c1ccc(C(=O)Nc2cccc(CNC(=O)CCNC(=O)OC(C)(C)C)c2)cc1. The van der Waals surface area contributed by atoms with Crippen LogP contribution in [0.2, 0.25) is 0 Å². The number of carbonyl (C=O) groups excluding carboxylic acids is 3. The van der Waals surface area contributed by atoms with E-state index in [1.807, 2.05) is 49.3 Å². The summed E-state index contributed by atoms with van der Waals surface area (Å²) in [5.74, 6) is -0.402. The molecule has 3 amide bonds. The average molecular weight is 441 g/mol. The van der Waals surface area contributed by atoms with Crippen LogP contribution in [-0.4, -0.2) is 44.1 Å². The molecule has 0 aliphatic carbocycles. The largest absolute Gasteiger partial charge is 0.444 e. The molecule has 0 aliphatic rings. The number of carbonyl (C=O) groups is 3. The van der Waals surface area contributed by atoms with Crippen molar-refractivity contribution in [3.63, 3.8) is 0 Å². The van der Waals surface area contributed by atoms with E-state index in [-0.39, 0.29) is 24.8 Å². The molecule has 0 atom stereocenters. The molecule has 32 heavy (non-hydrogen) atoms. The van der Waals surface area contributed by atoms with Gasteiger partial charge in [0.05, 0.1) is 0 Å². The van der Waals surface area contributed by atoms with Crippen molar-refractivity contribution in [1.29, 1.82) is 0 Å². The minimum Gasteiger partial charge on any atom is -0.444 e. The van der Waals surface area contributed by atoms with E-state index >= 15 is 0 Å². The van der Waals surface area contributed by atoms with Gasteiger partial charge in [-0.3, -0.25) is 9.59 Å². The summed E-state index contributed by atoms with van der Waals surface area (Å²) in [6.07, 6.45) is -0.413. The summed E-state index contributed by atoms with van der Waals surface area (Å²) in [7, 11) is 3.88. The lowest BCUT2D eigenvalue weighted by atomic mass is 10.1. The van der Waals surface area contributed by atoms with E-state index < -0.39 is 11.7 Å². The highest BCUT2D eigenvalue weighted by atomic mass is 16.6. The van der Waals surface area contributed by atoms with Gasteiger partial charge in [0, 0.05) is 50.5 Å². The molecule has 0 aliphatic heterocycles. The van der Waals surface area contributed by atoms with E-state index in [1.165, 1.54) is 0 Å². The van der Waals surface area contributed by atoms with Crippen LogP contribution in [0, 0.1) is 0 Å². The van der Waals surface area contributed by atoms with Crippen molar-refractivity contribution < 1.29 is 19.1 Å². The van der Waals surface area contributed by atoms with Gasteiger partial charge < -0.3 is 25.6 Å². The predicted octanol–water partition coefficient (Wildman–Crippen LogP) is 3.54. The number of nitrogens with one attached hydrogen (secondary N) is 3. The average Bonchev–Trinajstić information content (AvgIpc) is 2.71. The van der Waals surface area contributed by atoms with Gasteiger partial charge in [0.1, 0.15) is 5.60 Å². The minimum absolute atomic E-state index is 0.138. The Labute approximate surface area is 189 Å². The van der Waals surface area contributed by atoms with Gasteiger partial charge in [0.2, 0.25) is 5.91 Å². The molecule has 0 saturated heterocycles. The number of hydrogen-bond donors (Lipinski definition) is 3. The second-order valence-electron chi connectivity index (χ2n) is 8.55. The number of benzene rings is 2. The Hall–Kier alpha value is -3.55. The maximum Gasteiger partial charge on any atom is 0.407 e. The fourth-order valence-corrected chi connectivity index (χ4v) is 2.75. The van der Waals surface area contributed by atoms with Gasteiger partial charge in [0.25, 0.3) is 5.91 Å². The number of ether oxygens (including phenoxy) is 1. The van der Waals surface area contributed by atoms with Crippen LogP contribution in [0.4, 0.5) is 16.2 Å². The summed E-state index contributed by atoms with van der Waals surface area (Å²) in [4.78, 5) is 38.1. The summed E-state index contributed by atoms with van der Waals surface area (Å²) < 4.78 is 5.12. The summed E-state index contributed by atoms with van der Waals surface area (Å²) in [5.41, 5.74) is 2.49. The van der Waals surface area contributed by atoms with Crippen molar-refractivity contribution in [3.8, 4) is 0 Å². The molecule has 0 heterocycles. The quantitative estimate of drug-likeness (QED) is 0.583. The van der Waals surface area contributed by atoms with Gasteiger partial charge in [-0.1, -0.05) is 12.1 Å². The number of rotatable bonds is 8. The Balaban J connectivity index is 1.80. The molecule has 0 radical (unpaired) electrons. The van der Waals surface area contributed by atoms with Gasteiger partial charge >= 0.3 is 6.09 Å². The molecule has 0 aromatic heterocycles. The monoisotopic (exact) mass is 440 g/mol. The number of hydrogen-bond acceptors (Lipinski definition) is 5. The maximum atomic E-state index is 12.5. The van der Waals surface area contributed by atoms with Crippen molar-refractivity contribution in [3.05, 3.63) is 59.7 Å². The smallest absolute Gasteiger partial charge is 0.407 e. The van der Waals surface area contributed by atoms with Crippen molar-refractivity contribution in [2.45, 2.75) is 39.3 Å². The first-order chi connectivity index (χ1) is 15.0. The molecule has 0 bridgehead atoms. The molecular formula is C24H32N4O4. The van der Waals surface area contributed by atoms with E-state index in [0.717, 1.165) is 11.3 Å². The van der Waals surface area contributed by atoms with Crippen molar-refractivity contribution in [2.24, 2.45) is 0 Å². The standard InChI is InChI=1S/C24H32N4O4/c1-24(2,3)32-23(31)25-14-13-21(29)26-16-17-7-6-8-19(15-17)27-22(30)18-9-11-20(12-10-18)28(4)5/h6-12,15H,13-14,16H2,1-5H3,(H,25,31)(H,26,29)(H,27,30). The van der Waals surface area contributed by atoms with Crippen LogP contribution in [0.3, 0.4) is 0 Å². The van der Waals surface area contributed by atoms with Gasteiger partial charge in [-0.05, 0) is 62.7 Å². The van der Waals surface area contributed by atoms with E-state index in [1.54, 1.807) is 39.0 Å². The Morgan fingerprint density at radius 3 is 2.28 bits per heavy atom. The predicted molar refractivity (Wildman–Crippen MR) is 126 cm³/mol. The van der Waals surface area contributed by atoms with Gasteiger partial charge in [0.15, 0.2) is 0 Å². The van der Waals surface area contributed by atoms with Crippen molar-refractivity contribution in [1.82, 2.24) is 10.6 Å². The van der Waals surface area contributed by atoms with Crippen molar-refractivity contribution in [2.75, 3.05) is 30.9 Å². The third-order valence-corrected chi connectivity index (χ3v) is 4.34. The molecule has 0 unspecified atom stereocenters. The summed E-state index contributed by atoms with van der Waals surface area (Å²) in [5, 5.41) is 8.23. The van der Waals surface area contributed by atoms with Crippen LogP contribution in [0.15, 0.2) is 48.5 Å². The molecule has 0 saturated carbocycles. The second-order valence-corrected chi connectivity index (χ2v) is 8.55. The molecule has 2 rings (SSSR count). The molecule has 0 fully saturated rings. The topological polar surface area (TPSA) is 99.8 Å². The molecular weight excluding hydrogens is 408 g/mol. The Kier molecular flexibility index (Phi) is 8.63.